The summed E-state index contributed by atoms with van der Waals surface area (Å²) in [4.78, 5) is 16.4. The molecular weight excluding hydrogens is 292 g/mol. The molecule has 0 aliphatic heterocycles. The number of aromatic nitrogens is 2. The highest BCUT2D eigenvalue weighted by Gasteiger charge is 2.44. The van der Waals surface area contributed by atoms with E-state index in [1.807, 2.05) is 6.92 Å². The zero-order valence-corrected chi connectivity index (χ0v) is 13.2. The van der Waals surface area contributed by atoms with Gasteiger partial charge in [-0.3, -0.25) is 4.79 Å². The third-order valence-corrected chi connectivity index (χ3v) is 6.16. The van der Waals surface area contributed by atoms with Crippen molar-refractivity contribution in [1.29, 1.82) is 0 Å². The van der Waals surface area contributed by atoms with E-state index in [0.29, 0.717) is 11.3 Å². The Morgan fingerprint density at radius 3 is 2.90 bits per heavy atom. The van der Waals surface area contributed by atoms with Crippen molar-refractivity contribution in [1.82, 2.24) is 14.7 Å². The van der Waals surface area contributed by atoms with Crippen molar-refractivity contribution in [2.45, 2.75) is 66.6 Å². The van der Waals surface area contributed by atoms with Crippen LogP contribution in [0.3, 0.4) is 0 Å². The molecule has 110 valence electrons. The molecule has 0 spiro atoms. The average molecular weight is 312 g/mol. The molecule has 1 aromatic rings. The monoisotopic (exact) mass is 312 g/mol. The van der Waals surface area contributed by atoms with Crippen LogP contribution in [0.25, 0.3) is 0 Å². The van der Waals surface area contributed by atoms with Crippen molar-refractivity contribution < 1.29 is 4.79 Å². The van der Waals surface area contributed by atoms with E-state index in [-0.39, 0.29) is 5.91 Å². The highest BCUT2D eigenvalue weighted by atomic mass is 32.2. The molecule has 2 fully saturated rings. The fourth-order valence-corrected chi connectivity index (χ4v) is 5.08. The number of nitrogens with two attached hydrogens (primary N) is 1. The van der Waals surface area contributed by atoms with Gasteiger partial charge in [-0.05, 0) is 57.0 Å². The maximum Gasteiger partial charge on any atom is 0.237 e. The van der Waals surface area contributed by atoms with E-state index >= 15 is 0 Å². The van der Waals surface area contributed by atoms with Gasteiger partial charge >= 0.3 is 0 Å². The Labute approximate surface area is 127 Å². The normalized spacial score (nSPS) is 30.4. The van der Waals surface area contributed by atoms with Crippen molar-refractivity contribution >= 4 is 29.2 Å². The summed E-state index contributed by atoms with van der Waals surface area (Å²) < 4.78 is 5.21. The first-order valence-electron chi connectivity index (χ1n) is 7.12. The third-order valence-electron chi connectivity index (χ3n) is 4.01. The van der Waals surface area contributed by atoms with Crippen molar-refractivity contribution in [3.05, 3.63) is 5.82 Å². The Morgan fingerprint density at radius 1 is 1.50 bits per heavy atom. The number of hydrogen-bond donors (Lipinski definition) is 2. The number of carbonyl (C=O) groups excluding carboxylic acids is 1. The van der Waals surface area contributed by atoms with Crippen LogP contribution in [-0.4, -0.2) is 32.1 Å². The Kier molecular flexibility index (Phi) is 4.01. The Balaban J connectivity index is 1.68. The lowest BCUT2D eigenvalue weighted by atomic mass is 9.80. The molecule has 3 rings (SSSR count). The molecule has 2 unspecified atom stereocenters. The minimum absolute atomic E-state index is 0.192. The summed E-state index contributed by atoms with van der Waals surface area (Å²) in [7, 11) is 0. The number of hydrogen-bond acceptors (Lipinski definition) is 6. The molecule has 3 N–H and O–H groups in total. The summed E-state index contributed by atoms with van der Waals surface area (Å²) in [6, 6.07) is 0.495. The van der Waals surface area contributed by atoms with Crippen LogP contribution in [0.4, 0.5) is 0 Å². The summed E-state index contributed by atoms with van der Waals surface area (Å²) in [6.45, 7) is 1.91. The lowest BCUT2D eigenvalue weighted by Gasteiger charge is -2.39. The minimum atomic E-state index is -0.503. The molecular formula is C13H20N4OS2. The van der Waals surface area contributed by atoms with Gasteiger partial charge in [-0.1, -0.05) is 11.8 Å². The van der Waals surface area contributed by atoms with E-state index in [9.17, 15) is 4.79 Å². The lowest BCUT2D eigenvalue weighted by molar-refractivity contribution is -0.125. The van der Waals surface area contributed by atoms with Gasteiger partial charge in [0.05, 0.1) is 5.54 Å². The third kappa shape index (κ3) is 3.15. The summed E-state index contributed by atoms with van der Waals surface area (Å²) in [5.41, 5.74) is 5.20. The Morgan fingerprint density at radius 2 is 2.30 bits per heavy atom. The van der Waals surface area contributed by atoms with Crippen LogP contribution in [0.5, 0.6) is 0 Å². The molecule has 0 saturated heterocycles. The molecule has 0 bridgehead atoms. The van der Waals surface area contributed by atoms with Crippen LogP contribution in [-0.2, 0) is 4.79 Å². The molecule has 1 amide bonds. The quantitative estimate of drug-likeness (QED) is 0.867. The van der Waals surface area contributed by atoms with Crippen LogP contribution < -0.4 is 11.1 Å². The largest absolute Gasteiger partial charge is 0.368 e. The Bertz CT molecular complexity index is 502. The van der Waals surface area contributed by atoms with E-state index < -0.39 is 5.54 Å². The molecule has 20 heavy (non-hydrogen) atoms. The highest BCUT2D eigenvalue weighted by molar-refractivity contribution is 8.01. The van der Waals surface area contributed by atoms with Gasteiger partial charge in [-0.2, -0.15) is 4.37 Å². The second kappa shape index (κ2) is 5.61. The van der Waals surface area contributed by atoms with Gasteiger partial charge in [0.25, 0.3) is 0 Å². The summed E-state index contributed by atoms with van der Waals surface area (Å²) in [5, 5.41) is 3.90. The van der Waals surface area contributed by atoms with E-state index in [0.717, 1.165) is 35.8 Å². The zero-order valence-electron chi connectivity index (χ0n) is 11.6. The van der Waals surface area contributed by atoms with E-state index in [1.165, 1.54) is 24.4 Å². The Hall–Kier alpha value is -0.660. The number of rotatable bonds is 5. The van der Waals surface area contributed by atoms with Gasteiger partial charge in [0.15, 0.2) is 4.34 Å². The van der Waals surface area contributed by atoms with Crippen LogP contribution in [0.2, 0.25) is 0 Å². The standard InChI is InChI=1S/C13H20N4OS2/c1-8-15-12(20-17-8)19-10-3-2-6-13(7-10,11(14)18)16-9-4-5-9/h9-10,16H,2-7H2,1H3,(H2,14,18). The second-order valence-corrected chi connectivity index (χ2v) is 8.11. The number of thioether (sulfide) groups is 1. The SMILES string of the molecule is Cc1nsc(SC2CCCC(NC3CC3)(C(N)=O)C2)n1. The van der Waals surface area contributed by atoms with Crippen LogP contribution in [0.1, 0.15) is 44.3 Å². The molecule has 2 aliphatic carbocycles. The first-order valence-corrected chi connectivity index (χ1v) is 8.77. The van der Waals surface area contributed by atoms with Crippen molar-refractivity contribution in [3.8, 4) is 0 Å². The molecule has 2 atom stereocenters. The van der Waals surface area contributed by atoms with Crippen LogP contribution in [0.15, 0.2) is 4.34 Å². The van der Waals surface area contributed by atoms with Gasteiger partial charge in [0.1, 0.15) is 5.82 Å². The predicted octanol–water partition coefficient (Wildman–Crippen LogP) is 1.86. The predicted molar refractivity (Wildman–Crippen MR) is 80.8 cm³/mol. The van der Waals surface area contributed by atoms with Crippen LogP contribution >= 0.6 is 23.3 Å². The maximum absolute atomic E-state index is 12.0. The molecule has 5 nitrogen and oxygen atoms in total. The smallest absolute Gasteiger partial charge is 0.237 e. The van der Waals surface area contributed by atoms with Crippen LogP contribution in [0, 0.1) is 6.92 Å². The van der Waals surface area contributed by atoms with Crippen molar-refractivity contribution in [2.75, 3.05) is 0 Å². The first kappa shape index (κ1) is 14.3. The summed E-state index contributed by atoms with van der Waals surface area (Å²) in [6.07, 6.45) is 6.17. The van der Waals surface area contributed by atoms with E-state index in [4.69, 9.17) is 5.73 Å². The molecule has 1 heterocycles. The second-order valence-electron chi connectivity index (χ2n) is 5.81. The maximum atomic E-state index is 12.0. The number of carbonyl (C=O) groups is 1. The summed E-state index contributed by atoms with van der Waals surface area (Å²) >= 11 is 3.19. The van der Waals surface area contributed by atoms with Gasteiger partial charge in [-0.15, -0.1) is 0 Å². The minimum Gasteiger partial charge on any atom is -0.368 e. The molecule has 2 saturated carbocycles. The fraction of sp³-hybridized carbons (Fsp3) is 0.769. The lowest BCUT2D eigenvalue weighted by Crippen LogP contribution is -2.59. The number of primary amides is 1. The molecule has 2 aliphatic rings. The zero-order chi connectivity index (χ0) is 14.2. The van der Waals surface area contributed by atoms with E-state index in [1.54, 1.807) is 11.8 Å². The topological polar surface area (TPSA) is 80.9 Å². The van der Waals surface area contributed by atoms with E-state index in [2.05, 4.69) is 14.7 Å². The fourth-order valence-electron chi connectivity index (χ4n) is 2.84. The first-order chi connectivity index (χ1) is 9.57. The molecule has 0 radical (unpaired) electrons. The van der Waals surface area contributed by atoms with Gasteiger partial charge in [-0.25, -0.2) is 4.98 Å². The number of nitrogens with one attached hydrogen (secondary N) is 1. The molecule has 7 heteroatoms. The van der Waals surface area contributed by atoms with Crippen molar-refractivity contribution in [3.63, 3.8) is 0 Å². The number of aryl methyl sites for hydroxylation is 1. The van der Waals surface area contributed by atoms with Gasteiger partial charge in [0.2, 0.25) is 5.91 Å². The number of nitrogens with zero attached hydrogens (tertiary/aromatic N) is 2. The van der Waals surface area contributed by atoms with Gasteiger partial charge in [0, 0.05) is 11.3 Å². The number of amides is 1. The van der Waals surface area contributed by atoms with Gasteiger partial charge < -0.3 is 11.1 Å². The summed E-state index contributed by atoms with van der Waals surface area (Å²) in [5.74, 6) is 0.633. The molecule has 0 aromatic carbocycles. The average Bonchev–Trinajstić information content (AvgIpc) is 3.11. The van der Waals surface area contributed by atoms with Crippen molar-refractivity contribution in [2.24, 2.45) is 5.73 Å². The molecule has 1 aromatic heterocycles. The highest BCUT2D eigenvalue weighted by Crippen LogP contribution is 2.40.